The maximum absolute atomic E-state index is 13.2. The number of nitrogens with zero attached hydrogens (tertiary/aromatic N) is 3. The second-order valence-electron chi connectivity index (χ2n) is 9.89. The van der Waals surface area contributed by atoms with Crippen LogP contribution in [-0.2, 0) is 16.1 Å². The van der Waals surface area contributed by atoms with Crippen LogP contribution in [0.15, 0.2) is 24.3 Å². The van der Waals surface area contributed by atoms with Crippen LogP contribution in [0.1, 0.15) is 56.9 Å². The molecule has 1 aromatic carbocycles. The molecule has 2 heterocycles. The van der Waals surface area contributed by atoms with Crippen molar-refractivity contribution in [3.63, 3.8) is 0 Å². The molecule has 2 fully saturated rings. The van der Waals surface area contributed by atoms with Gasteiger partial charge in [-0.3, -0.25) is 19.1 Å². The molecule has 31 heavy (non-hydrogen) atoms. The molecule has 1 saturated heterocycles. The Balaban J connectivity index is 1.50. The second kappa shape index (κ2) is 7.75. The number of aromatic nitrogens is 2. The van der Waals surface area contributed by atoms with E-state index in [0.29, 0.717) is 29.7 Å². The number of piperidine rings is 1. The number of hydrogen-bond acceptors (Lipinski definition) is 5. The van der Waals surface area contributed by atoms with E-state index in [1.54, 1.807) is 23.1 Å². The number of amides is 2. The fraction of sp³-hybridized carbons (Fsp3) is 0.565. The van der Waals surface area contributed by atoms with Crippen LogP contribution in [-0.4, -0.2) is 55.6 Å². The zero-order valence-electron chi connectivity index (χ0n) is 18.2. The van der Waals surface area contributed by atoms with Crippen LogP contribution in [0.4, 0.5) is 0 Å². The average Bonchev–Trinajstić information content (AvgIpc) is 3.21. The SMILES string of the molecule is CC(C)(C)C(O)CCC(=O)[C@@H]1C[C@H]2C[C@H]2N1C(=O)Cn1nc(C(N)=O)c2ccccc21. The van der Waals surface area contributed by atoms with Crippen molar-refractivity contribution in [1.29, 1.82) is 0 Å². The van der Waals surface area contributed by atoms with E-state index in [2.05, 4.69) is 5.10 Å². The first-order valence-corrected chi connectivity index (χ1v) is 10.8. The summed E-state index contributed by atoms with van der Waals surface area (Å²) in [6.45, 7) is 5.78. The van der Waals surface area contributed by atoms with Crippen molar-refractivity contribution in [3.8, 4) is 0 Å². The number of hydrogen-bond donors (Lipinski definition) is 2. The molecule has 3 N–H and O–H groups in total. The molecule has 2 amide bonds. The number of carbonyl (C=O) groups is 3. The van der Waals surface area contributed by atoms with Gasteiger partial charge in [0.1, 0.15) is 6.54 Å². The Kier molecular flexibility index (Phi) is 5.37. The lowest BCUT2D eigenvalue weighted by atomic mass is 9.85. The number of nitrogens with two attached hydrogens (primary N) is 1. The number of ketones is 1. The maximum atomic E-state index is 13.2. The van der Waals surface area contributed by atoms with Crippen LogP contribution in [0, 0.1) is 11.3 Å². The van der Waals surface area contributed by atoms with Gasteiger partial charge in [-0.25, -0.2) is 0 Å². The van der Waals surface area contributed by atoms with Crippen molar-refractivity contribution in [1.82, 2.24) is 14.7 Å². The molecule has 2 aliphatic rings. The Morgan fingerprint density at radius 3 is 2.61 bits per heavy atom. The summed E-state index contributed by atoms with van der Waals surface area (Å²) in [5.41, 5.74) is 5.96. The van der Waals surface area contributed by atoms with Crippen molar-refractivity contribution in [3.05, 3.63) is 30.0 Å². The average molecular weight is 427 g/mol. The third-order valence-corrected chi connectivity index (χ3v) is 6.60. The summed E-state index contributed by atoms with van der Waals surface area (Å²) in [5, 5.41) is 15.2. The van der Waals surface area contributed by atoms with Gasteiger partial charge in [-0.15, -0.1) is 0 Å². The fourth-order valence-electron chi connectivity index (χ4n) is 4.62. The minimum atomic E-state index is -0.642. The van der Waals surface area contributed by atoms with Crippen LogP contribution in [0.3, 0.4) is 0 Å². The van der Waals surface area contributed by atoms with Gasteiger partial charge in [-0.1, -0.05) is 39.0 Å². The summed E-state index contributed by atoms with van der Waals surface area (Å²) in [7, 11) is 0. The van der Waals surface area contributed by atoms with Crippen molar-refractivity contribution in [2.75, 3.05) is 0 Å². The highest BCUT2D eigenvalue weighted by molar-refractivity contribution is 6.04. The second-order valence-corrected chi connectivity index (χ2v) is 9.89. The highest BCUT2D eigenvalue weighted by Crippen LogP contribution is 2.48. The monoisotopic (exact) mass is 426 g/mol. The predicted octanol–water partition coefficient (Wildman–Crippen LogP) is 1.88. The van der Waals surface area contributed by atoms with Gasteiger partial charge in [0.05, 0.1) is 17.7 Å². The number of carbonyl (C=O) groups excluding carboxylic acids is 3. The molecule has 1 aliphatic heterocycles. The number of fused-ring (bicyclic) bond motifs is 2. The van der Waals surface area contributed by atoms with E-state index in [1.807, 2.05) is 26.8 Å². The number of primary amides is 1. The van der Waals surface area contributed by atoms with Crippen LogP contribution in [0.5, 0.6) is 0 Å². The highest BCUT2D eigenvalue weighted by atomic mass is 16.3. The minimum absolute atomic E-state index is 0.00648. The molecule has 8 nitrogen and oxygen atoms in total. The lowest BCUT2D eigenvalue weighted by Crippen LogP contribution is -2.45. The van der Waals surface area contributed by atoms with E-state index < -0.39 is 18.1 Å². The molecule has 8 heteroatoms. The molecule has 0 radical (unpaired) electrons. The smallest absolute Gasteiger partial charge is 0.269 e. The molecular formula is C23H30N4O4. The first-order valence-electron chi connectivity index (χ1n) is 10.8. The van der Waals surface area contributed by atoms with Gasteiger partial charge in [-0.05, 0) is 36.7 Å². The summed E-state index contributed by atoms with van der Waals surface area (Å²) in [6, 6.07) is 6.81. The number of Topliss-reactive ketones (excluding diaryl/α,β-unsaturated/α-hetero) is 1. The molecule has 0 spiro atoms. The van der Waals surface area contributed by atoms with Crippen LogP contribution in [0.2, 0.25) is 0 Å². The largest absolute Gasteiger partial charge is 0.393 e. The standard InChI is InChI=1S/C23H30N4O4/c1-23(2,3)19(29)9-8-18(28)17-11-13-10-16(13)27(17)20(30)12-26-15-7-5-4-6-14(15)21(25-26)22(24)31/h4-7,13,16-17,19,29H,8-12H2,1-3H3,(H2,24,31)/t13-,16-,17+,19?/m1/s1. The topological polar surface area (TPSA) is 119 Å². The molecule has 1 aromatic heterocycles. The summed E-state index contributed by atoms with van der Waals surface area (Å²) in [6.07, 6.45) is 1.68. The molecule has 1 unspecified atom stereocenters. The molecule has 1 aliphatic carbocycles. The third-order valence-electron chi connectivity index (χ3n) is 6.60. The Hall–Kier alpha value is -2.74. The minimum Gasteiger partial charge on any atom is -0.393 e. The Morgan fingerprint density at radius 1 is 1.23 bits per heavy atom. The van der Waals surface area contributed by atoms with Gasteiger partial charge in [0.25, 0.3) is 5.91 Å². The van der Waals surface area contributed by atoms with Gasteiger partial charge in [0.2, 0.25) is 5.91 Å². The predicted molar refractivity (Wildman–Crippen MR) is 115 cm³/mol. The van der Waals surface area contributed by atoms with Crippen molar-refractivity contribution in [2.24, 2.45) is 17.1 Å². The molecule has 1 saturated carbocycles. The van der Waals surface area contributed by atoms with E-state index in [0.717, 1.165) is 6.42 Å². The van der Waals surface area contributed by atoms with Gasteiger partial charge >= 0.3 is 0 Å². The highest BCUT2D eigenvalue weighted by Gasteiger charge is 2.55. The number of para-hydroxylation sites is 1. The summed E-state index contributed by atoms with van der Waals surface area (Å²) in [4.78, 5) is 39.6. The van der Waals surface area contributed by atoms with E-state index in [-0.39, 0.29) is 41.8 Å². The summed E-state index contributed by atoms with van der Waals surface area (Å²) < 4.78 is 1.50. The normalized spacial score (nSPS) is 23.6. The molecule has 2 aromatic rings. The van der Waals surface area contributed by atoms with Crippen molar-refractivity contribution < 1.29 is 19.5 Å². The van der Waals surface area contributed by atoms with Gasteiger partial charge in [0, 0.05) is 17.8 Å². The number of benzene rings is 1. The van der Waals surface area contributed by atoms with Crippen molar-refractivity contribution in [2.45, 2.75) is 71.2 Å². The Labute approximate surface area is 181 Å². The quantitative estimate of drug-likeness (QED) is 0.701. The summed E-state index contributed by atoms with van der Waals surface area (Å²) in [5.74, 6) is -0.437. The van der Waals surface area contributed by atoms with Gasteiger partial charge in [-0.2, -0.15) is 5.10 Å². The number of likely N-dealkylation sites (tertiary alicyclic amines) is 1. The third kappa shape index (κ3) is 4.08. The molecule has 4 rings (SSSR count). The zero-order valence-corrected chi connectivity index (χ0v) is 18.2. The van der Waals surface area contributed by atoms with Crippen LogP contribution in [0.25, 0.3) is 10.9 Å². The summed E-state index contributed by atoms with van der Waals surface area (Å²) >= 11 is 0. The first kappa shape index (κ1) is 21.5. The van der Waals surface area contributed by atoms with Gasteiger partial charge in [0.15, 0.2) is 11.5 Å². The van der Waals surface area contributed by atoms with E-state index in [4.69, 9.17) is 5.73 Å². The van der Waals surface area contributed by atoms with Crippen molar-refractivity contribution >= 4 is 28.5 Å². The van der Waals surface area contributed by atoms with E-state index >= 15 is 0 Å². The van der Waals surface area contributed by atoms with Crippen LogP contribution >= 0.6 is 0 Å². The first-order chi connectivity index (χ1) is 14.6. The zero-order chi connectivity index (χ0) is 22.5. The van der Waals surface area contributed by atoms with E-state index in [1.165, 1.54) is 4.68 Å². The number of aliphatic hydroxyl groups is 1. The fourth-order valence-corrected chi connectivity index (χ4v) is 4.62. The van der Waals surface area contributed by atoms with E-state index in [9.17, 15) is 19.5 Å². The Bertz CT molecular complexity index is 1040. The number of aliphatic hydroxyl groups excluding tert-OH is 1. The molecule has 4 atom stereocenters. The van der Waals surface area contributed by atoms with Gasteiger partial charge < -0.3 is 15.7 Å². The van der Waals surface area contributed by atoms with Crippen LogP contribution < -0.4 is 5.73 Å². The maximum Gasteiger partial charge on any atom is 0.269 e. The lowest BCUT2D eigenvalue weighted by Gasteiger charge is -2.29. The molecule has 0 bridgehead atoms. The molecule has 166 valence electrons. The Morgan fingerprint density at radius 2 is 1.94 bits per heavy atom. The molecular weight excluding hydrogens is 396 g/mol. The number of rotatable bonds is 7. The lowest BCUT2D eigenvalue weighted by molar-refractivity contribution is -0.139.